The summed E-state index contributed by atoms with van der Waals surface area (Å²) in [6.45, 7) is 1.61. The van der Waals surface area contributed by atoms with Gasteiger partial charge in [-0.3, -0.25) is 4.79 Å². The zero-order chi connectivity index (χ0) is 17.6. The number of hydrogen-bond donors (Lipinski definition) is 2. The van der Waals surface area contributed by atoms with Crippen LogP contribution in [0, 0.1) is 5.82 Å². The van der Waals surface area contributed by atoms with E-state index >= 15 is 0 Å². The quantitative estimate of drug-likeness (QED) is 0.883. The second-order valence-corrected chi connectivity index (χ2v) is 6.02. The second kappa shape index (κ2) is 7.79. The van der Waals surface area contributed by atoms with Crippen LogP contribution in [-0.4, -0.2) is 29.9 Å². The molecule has 3 amide bonds. The number of carbonyl (C=O) groups is 2. The van der Waals surface area contributed by atoms with E-state index in [9.17, 15) is 14.0 Å². The zero-order valence-electron chi connectivity index (χ0n) is 13.8. The molecule has 0 bridgehead atoms. The molecule has 25 heavy (non-hydrogen) atoms. The number of urea groups is 1. The molecule has 1 saturated heterocycles. The van der Waals surface area contributed by atoms with Gasteiger partial charge in [0.25, 0.3) is 5.91 Å². The van der Waals surface area contributed by atoms with E-state index in [1.807, 2.05) is 4.90 Å². The van der Waals surface area contributed by atoms with E-state index in [0.717, 1.165) is 25.9 Å². The number of benzene rings is 2. The first-order valence-corrected chi connectivity index (χ1v) is 8.35. The zero-order valence-corrected chi connectivity index (χ0v) is 13.8. The van der Waals surface area contributed by atoms with Gasteiger partial charge in [-0.2, -0.15) is 0 Å². The molecule has 0 spiro atoms. The van der Waals surface area contributed by atoms with Gasteiger partial charge in [0.1, 0.15) is 5.82 Å². The molecule has 130 valence electrons. The molecule has 0 unspecified atom stereocenters. The first-order valence-electron chi connectivity index (χ1n) is 8.35. The molecule has 0 aromatic heterocycles. The van der Waals surface area contributed by atoms with Crippen molar-refractivity contribution < 1.29 is 14.0 Å². The summed E-state index contributed by atoms with van der Waals surface area (Å²) in [5.74, 6) is -0.332. The highest BCUT2D eigenvalue weighted by atomic mass is 19.1. The first-order chi connectivity index (χ1) is 12.1. The average Bonchev–Trinajstić information content (AvgIpc) is 2.64. The summed E-state index contributed by atoms with van der Waals surface area (Å²) in [5.41, 5.74) is 1.69. The lowest BCUT2D eigenvalue weighted by Crippen LogP contribution is -2.35. The molecule has 5 nitrogen and oxygen atoms in total. The number of amides is 3. The van der Waals surface area contributed by atoms with E-state index in [1.54, 1.807) is 24.3 Å². The van der Waals surface area contributed by atoms with Crippen molar-refractivity contribution in [1.29, 1.82) is 0 Å². The number of piperidine rings is 1. The lowest BCUT2D eigenvalue weighted by molar-refractivity contribution is 0.0724. The van der Waals surface area contributed by atoms with Gasteiger partial charge >= 0.3 is 6.03 Å². The molecule has 2 N–H and O–H groups in total. The van der Waals surface area contributed by atoms with E-state index in [-0.39, 0.29) is 11.7 Å². The third-order valence-electron chi connectivity index (χ3n) is 4.14. The second-order valence-electron chi connectivity index (χ2n) is 6.02. The molecule has 2 aromatic carbocycles. The number of nitrogens with zero attached hydrogens (tertiary/aromatic N) is 1. The molecule has 0 aliphatic carbocycles. The number of rotatable bonds is 3. The highest BCUT2D eigenvalue weighted by molar-refractivity contribution is 6.00. The minimum absolute atomic E-state index is 0.0296. The lowest BCUT2D eigenvalue weighted by Gasteiger charge is -2.26. The maximum atomic E-state index is 12.8. The molecule has 1 fully saturated rings. The number of nitrogens with one attached hydrogen (secondary N) is 2. The maximum absolute atomic E-state index is 12.8. The predicted octanol–water partition coefficient (Wildman–Crippen LogP) is 4.10. The van der Waals surface area contributed by atoms with Crippen molar-refractivity contribution in [2.75, 3.05) is 23.7 Å². The van der Waals surface area contributed by atoms with Gasteiger partial charge in [0.05, 0.1) is 0 Å². The Bertz CT molecular complexity index is 738. The van der Waals surface area contributed by atoms with Gasteiger partial charge in [-0.25, -0.2) is 9.18 Å². The van der Waals surface area contributed by atoms with Crippen LogP contribution < -0.4 is 10.6 Å². The molecule has 0 radical (unpaired) electrons. The predicted molar refractivity (Wildman–Crippen MR) is 95.2 cm³/mol. The Morgan fingerprint density at radius 2 is 1.32 bits per heavy atom. The van der Waals surface area contributed by atoms with Crippen LogP contribution in [0.5, 0.6) is 0 Å². The van der Waals surface area contributed by atoms with Gasteiger partial charge in [0.15, 0.2) is 0 Å². The minimum Gasteiger partial charge on any atom is -0.339 e. The van der Waals surface area contributed by atoms with E-state index in [0.29, 0.717) is 16.9 Å². The molecule has 1 aliphatic rings. The monoisotopic (exact) mass is 341 g/mol. The summed E-state index contributed by atoms with van der Waals surface area (Å²) in [5, 5.41) is 5.30. The Labute approximate surface area is 145 Å². The van der Waals surface area contributed by atoms with Crippen molar-refractivity contribution in [3.05, 3.63) is 59.9 Å². The summed E-state index contributed by atoms with van der Waals surface area (Å²) in [7, 11) is 0. The van der Waals surface area contributed by atoms with Crippen LogP contribution in [-0.2, 0) is 0 Å². The smallest absolute Gasteiger partial charge is 0.323 e. The van der Waals surface area contributed by atoms with Crippen molar-refractivity contribution in [3.63, 3.8) is 0 Å². The SMILES string of the molecule is O=C(Nc1ccc(F)cc1)Nc1ccc(C(=O)N2CCCCC2)cc1. The summed E-state index contributed by atoms with van der Waals surface area (Å²) in [4.78, 5) is 26.2. The highest BCUT2D eigenvalue weighted by Crippen LogP contribution is 2.16. The number of anilines is 2. The molecule has 0 saturated carbocycles. The Balaban J connectivity index is 1.57. The normalized spacial score (nSPS) is 14.0. The van der Waals surface area contributed by atoms with Gasteiger partial charge < -0.3 is 15.5 Å². The average molecular weight is 341 g/mol. The first kappa shape index (κ1) is 17.0. The van der Waals surface area contributed by atoms with Crippen LogP contribution in [0.15, 0.2) is 48.5 Å². The Morgan fingerprint density at radius 3 is 1.88 bits per heavy atom. The van der Waals surface area contributed by atoms with Crippen LogP contribution in [0.25, 0.3) is 0 Å². The minimum atomic E-state index is -0.429. The van der Waals surface area contributed by atoms with Crippen LogP contribution in [0.2, 0.25) is 0 Å². The van der Waals surface area contributed by atoms with E-state index < -0.39 is 6.03 Å². The summed E-state index contributed by atoms with van der Waals surface area (Å²) in [6.07, 6.45) is 3.28. The maximum Gasteiger partial charge on any atom is 0.323 e. The Kier molecular flexibility index (Phi) is 5.28. The molecular formula is C19H20FN3O2. The van der Waals surface area contributed by atoms with Crippen LogP contribution in [0.3, 0.4) is 0 Å². The number of likely N-dealkylation sites (tertiary alicyclic amines) is 1. The Hall–Kier alpha value is -2.89. The van der Waals surface area contributed by atoms with Crippen molar-refractivity contribution in [2.45, 2.75) is 19.3 Å². The third kappa shape index (κ3) is 4.56. The van der Waals surface area contributed by atoms with Crippen LogP contribution in [0.4, 0.5) is 20.6 Å². The van der Waals surface area contributed by atoms with Gasteiger partial charge in [0.2, 0.25) is 0 Å². The number of carbonyl (C=O) groups excluding carboxylic acids is 2. The standard InChI is InChI=1S/C19H20FN3O2/c20-15-6-10-17(11-7-15)22-19(25)21-16-8-4-14(5-9-16)18(24)23-12-2-1-3-13-23/h4-11H,1-3,12-13H2,(H2,21,22,25). The fourth-order valence-electron chi connectivity index (χ4n) is 2.80. The molecule has 1 aliphatic heterocycles. The molecule has 6 heteroatoms. The van der Waals surface area contributed by atoms with Gasteiger partial charge in [-0.1, -0.05) is 0 Å². The molecule has 2 aromatic rings. The topological polar surface area (TPSA) is 61.4 Å². The summed E-state index contributed by atoms with van der Waals surface area (Å²) < 4.78 is 12.8. The van der Waals surface area contributed by atoms with Crippen molar-refractivity contribution in [2.24, 2.45) is 0 Å². The van der Waals surface area contributed by atoms with Gasteiger partial charge in [-0.15, -0.1) is 0 Å². The van der Waals surface area contributed by atoms with E-state index in [2.05, 4.69) is 10.6 Å². The van der Waals surface area contributed by atoms with Crippen LogP contribution in [0.1, 0.15) is 29.6 Å². The van der Waals surface area contributed by atoms with Crippen molar-refractivity contribution in [3.8, 4) is 0 Å². The van der Waals surface area contributed by atoms with Gasteiger partial charge in [-0.05, 0) is 67.8 Å². The highest BCUT2D eigenvalue weighted by Gasteiger charge is 2.17. The number of hydrogen-bond acceptors (Lipinski definition) is 2. The van der Waals surface area contributed by atoms with Crippen molar-refractivity contribution in [1.82, 2.24) is 4.90 Å². The van der Waals surface area contributed by atoms with E-state index in [4.69, 9.17) is 0 Å². The Morgan fingerprint density at radius 1 is 0.800 bits per heavy atom. The fourth-order valence-corrected chi connectivity index (χ4v) is 2.80. The molecular weight excluding hydrogens is 321 g/mol. The van der Waals surface area contributed by atoms with Crippen LogP contribution >= 0.6 is 0 Å². The lowest BCUT2D eigenvalue weighted by atomic mass is 10.1. The third-order valence-corrected chi connectivity index (χ3v) is 4.14. The molecule has 1 heterocycles. The summed E-state index contributed by atoms with van der Waals surface area (Å²) in [6, 6.07) is 11.9. The molecule has 0 atom stereocenters. The van der Waals surface area contributed by atoms with Crippen molar-refractivity contribution >= 4 is 23.3 Å². The van der Waals surface area contributed by atoms with Gasteiger partial charge in [0, 0.05) is 30.0 Å². The fraction of sp³-hybridized carbons (Fsp3) is 0.263. The number of halogens is 1. The molecule has 3 rings (SSSR count). The van der Waals surface area contributed by atoms with E-state index in [1.165, 1.54) is 30.7 Å². The summed E-state index contributed by atoms with van der Waals surface area (Å²) >= 11 is 0. The largest absolute Gasteiger partial charge is 0.339 e.